The summed E-state index contributed by atoms with van der Waals surface area (Å²) in [6.45, 7) is 6.17. The Hall–Kier alpha value is -3.82. The second kappa shape index (κ2) is 13.9. The van der Waals surface area contributed by atoms with Crippen molar-refractivity contribution in [1.82, 2.24) is 15.5 Å². The largest absolute Gasteiger partial charge is 0.497 e. The van der Waals surface area contributed by atoms with Gasteiger partial charge in [-0.15, -0.1) is 11.8 Å². The fourth-order valence-electron chi connectivity index (χ4n) is 5.18. The molecule has 3 aromatic carbocycles. The highest BCUT2D eigenvalue weighted by molar-refractivity contribution is 8.00. The number of methoxy groups -OCH3 is 1. The summed E-state index contributed by atoms with van der Waals surface area (Å²) in [7, 11) is 1.56. The van der Waals surface area contributed by atoms with Crippen LogP contribution in [0.15, 0.2) is 78.9 Å². The SMILES string of the molecule is COc1cccc(CC(=O)N[C@@H](Cc2ccccc2)[C@H](O)C(=O)N2CSC(C)(C)[C@H]2C(=O)NCc2ccccc2C)c1. The number of hydrogen-bond acceptors (Lipinski definition) is 6. The molecule has 1 saturated heterocycles. The number of aliphatic hydroxyl groups is 1. The highest BCUT2D eigenvalue weighted by Gasteiger charge is 2.49. The van der Waals surface area contributed by atoms with Crippen LogP contribution >= 0.6 is 11.8 Å². The van der Waals surface area contributed by atoms with Crippen molar-refractivity contribution in [3.8, 4) is 5.75 Å². The zero-order valence-corrected chi connectivity index (χ0v) is 25.3. The van der Waals surface area contributed by atoms with E-state index in [0.29, 0.717) is 12.3 Å². The molecular formula is C33H39N3O5S. The lowest BCUT2D eigenvalue weighted by Gasteiger charge is -2.33. The topological polar surface area (TPSA) is 108 Å². The van der Waals surface area contributed by atoms with Gasteiger partial charge >= 0.3 is 0 Å². The molecule has 0 bridgehead atoms. The number of ether oxygens (including phenoxy) is 1. The minimum Gasteiger partial charge on any atom is -0.497 e. The van der Waals surface area contributed by atoms with Crippen LogP contribution in [0, 0.1) is 6.92 Å². The first-order valence-electron chi connectivity index (χ1n) is 14.0. The predicted octanol–water partition coefficient (Wildman–Crippen LogP) is 3.63. The highest BCUT2D eigenvalue weighted by Crippen LogP contribution is 2.40. The summed E-state index contributed by atoms with van der Waals surface area (Å²) in [6.07, 6.45) is -1.26. The zero-order chi connectivity index (χ0) is 30.3. The smallest absolute Gasteiger partial charge is 0.254 e. The van der Waals surface area contributed by atoms with Gasteiger partial charge in [0, 0.05) is 11.3 Å². The molecule has 0 aliphatic carbocycles. The maximum atomic E-state index is 13.8. The minimum atomic E-state index is -1.55. The molecule has 0 radical (unpaired) electrons. The third-order valence-corrected chi connectivity index (χ3v) is 8.94. The van der Waals surface area contributed by atoms with Gasteiger partial charge in [-0.05, 0) is 61.6 Å². The molecule has 3 amide bonds. The molecule has 3 atom stereocenters. The summed E-state index contributed by atoms with van der Waals surface area (Å²) in [4.78, 5) is 41.9. The van der Waals surface area contributed by atoms with Crippen molar-refractivity contribution in [1.29, 1.82) is 0 Å². The van der Waals surface area contributed by atoms with E-state index in [-0.39, 0.29) is 30.5 Å². The lowest BCUT2D eigenvalue weighted by Crippen LogP contribution is -2.58. The first kappa shape index (κ1) is 31.1. The van der Waals surface area contributed by atoms with Crippen LogP contribution in [0.5, 0.6) is 5.75 Å². The molecule has 0 unspecified atom stereocenters. The molecule has 8 nitrogen and oxygen atoms in total. The number of rotatable bonds is 11. The van der Waals surface area contributed by atoms with E-state index in [1.807, 2.05) is 81.4 Å². The van der Waals surface area contributed by atoms with Crippen molar-refractivity contribution in [2.24, 2.45) is 0 Å². The van der Waals surface area contributed by atoms with E-state index in [0.717, 1.165) is 22.3 Å². The molecule has 9 heteroatoms. The molecule has 1 aliphatic heterocycles. The molecule has 0 aromatic heterocycles. The van der Waals surface area contributed by atoms with Gasteiger partial charge in [0.2, 0.25) is 11.8 Å². The number of nitrogens with zero attached hydrogens (tertiary/aromatic N) is 1. The van der Waals surface area contributed by atoms with Crippen LogP contribution in [0.4, 0.5) is 0 Å². The third-order valence-electron chi connectivity index (χ3n) is 7.57. The predicted molar refractivity (Wildman–Crippen MR) is 165 cm³/mol. The standard InChI is InChI=1S/C33H39N3O5S/c1-22-11-8-9-15-25(22)20-34-31(39)30-33(2,3)42-21-36(30)32(40)29(38)27(18-23-12-6-5-7-13-23)35-28(37)19-24-14-10-16-26(17-24)41-4/h5-17,27,29-30,38H,18-21H2,1-4H3,(H,34,39)(H,35,37)/t27-,29-,30+/m0/s1. The normalized spacial score (nSPS) is 17.3. The number of aryl methyl sites for hydroxylation is 1. The van der Waals surface area contributed by atoms with Crippen LogP contribution < -0.4 is 15.4 Å². The van der Waals surface area contributed by atoms with Crippen molar-refractivity contribution in [3.63, 3.8) is 0 Å². The third kappa shape index (κ3) is 7.72. The van der Waals surface area contributed by atoms with E-state index < -0.39 is 28.8 Å². The van der Waals surface area contributed by atoms with E-state index in [1.54, 1.807) is 25.3 Å². The average Bonchev–Trinajstić information content (AvgIpc) is 3.30. The Bertz CT molecular complexity index is 1400. The number of nitrogens with one attached hydrogen (secondary N) is 2. The monoisotopic (exact) mass is 589 g/mol. The summed E-state index contributed by atoms with van der Waals surface area (Å²) in [5, 5.41) is 17.3. The quantitative estimate of drug-likeness (QED) is 0.315. The van der Waals surface area contributed by atoms with Crippen LogP contribution in [-0.4, -0.2) is 63.6 Å². The molecule has 222 valence electrons. The van der Waals surface area contributed by atoms with Crippen LogP contribution in [0.3, 0.4) is 0 Å². The van der Waals surface area contributed by atoms with Crippen molar-refractivity contribution in [3.05, 3.63) is 101 Å². The molecule has 1 fully saturated rings. The van der Waals surface area contributed by atoms with Crippen LogP contribution in [-0.2, 0) is 33.8 Å². The van der Waals surface area contributed by atoms with Crippen LogP contribution in [0.1, 0.15) is 36.1 Å². The van der Waals surface area contributed by atoms with Crippen LogP contribution in [0.2, 0.25) is 0 Å². The van der Waals surface area contributed by atoms with Gasteiger partial charge in [-0.2, -0.15) is 0 Å². The fraction of sp³-hybridized carbons (Fsp3) is 0.364. The molecule has 0 saturated carbocycles. The van der Waals surface area contributed by atoms with E-state index in [2.05, 4.69) is 10.6 Å². The second-order valence-corrected chi connectivity index (χ2v) is 12.7. The van der Waals surface area contributed by atoms with Crippen molar-refractivity contribution in [2.75, 3.05) is 13.0 Å². The Labute approximate surface area is 251 Å². The molecule has 1 aliphatic rings. The summed E-state index contributed by atoms with van der Waals surface area (Å²) < 4.78 is 4.69. The molecule has 4 rings (SSSR count). The summed E-state index contributed by atoms with van der Waals surface area (Å²) in [5.74, 6) is -0.319. The number of thioether (sulfide) groups is 1. The van der Waals surface area contributed by atoms with Gasteiger partial charge in [0.1, 0.15) is 11.8 Å². The van der Waals surface area contributed by atoms with Crippen LogP contribution in [0.25, 0.3) is 0 Å². The number of hydrogen-bond donors (Lipinski definition) is 3. The van der Waals surface area contributed by atoms with Gasteiger partial charge in [0.15, 0.2) is 6.10 Å². The van der Waals surface area contributed by atoms with Crippen molar-refractivity contribution < 1.29 is 24.2 Å². The molecular weight excluding hydrogens is 550 g/mol. The molecule has 42 heavy (non-hydrogen) atoms. The molecule has 0 spiro atoms. The van der Waals surface area contributed by atoms with Crippen molar-refractivity contribution in [2.45, 2.75) is 63.1 Å². The van der Waals surface area contributed by atoms with E-state index in [1.165, 1.54) is 16.7 Å². The summed E-state index contributed by atoms with van der Waals surface area (Å²) in [5.41, 5.74) is 3.66. The first-order valence-corrected chi connectivity index (χ1v) is 15.0. The van der Waals surface area contributed by atoms with Gasteiger partial charge in [-0.3, -0.25) is 14.4 Å². The highest BCUT2D eigenvalue weighted by atomic mass is 32.2. The summed E-state index contributed by atoms with van der Waals surface area (Å²) >= 11 is 1.48. The maximum Gasteiger partial charge on any atom is 0.254 e. The Balaban J connectivity index is 1.51. The molecule has 1 heterocycles. The lowest BCUT2D eigenvalue weighted by atomic mass is 9.96. The molecule has 3 N–H and O–H groups in total. The minimum absolute atomic E-state index is 0.0555. The lowest BCUT2D eigenvalue weighted by molar-refractivity contribution is -0.147. The second-order valence-electron chi connectivity index (χ2n) is 11.1. The van der Waals surface area contributed by atoms with E-state index in [4.69, 9.17) is 4.74 Å². The number of carbonyl (C=O) groups excluding carboxylic acids is 3. The van der Waals surface area contributed by atoms with Gasteiger partial charge in [0.25, 0.3) is 5.91 Å². The Morgan fingerprint density at radius 1 is 1.02 bits per heavy atom. The Morgan fingerprint density at radius 3 is 2.43 bits per heavy atom. The number of benzene rings is 3. The first-order chi connectivity index (χ1) is 20.1. The number of aliphatic hydroxyl groups excluding tert-OH is 1. The Kier molecular flexibility index (Phi) is 10.3. The average molecular weight is 590 g/mol. The van der Waals surface area contributed by atoms with Gasteiger partial charge in [0.05, 0.1) is 25.4 Å². The van der Waals surface area contributed by atoms with Gasteiger partial charge in [-0.1, -0.05) is 66.7 Å². The fourth-order valence-corrected chi connectivity index (χ4v) is 6.32. The van der Waals surface area contributed by atoms with Crippen molar-refractivity contribution >= 4 is 29.5 Å². The van der Waals surface area contributed by atoms with E-state index in [9.17, 15) is 19.5 Å². The zero-order valence-electron chi connectivity index (χ0n) is 24.5. The maximum absolute atomic E-state index is 13.8. The number of amides is 3. The van der Waals surface area contributed by atoms with Gasteiger partial charge < -0.3 is 25.4 Å². The van der Waals surface area contributed by atoms with E-state index >= 15 is 0 Å². The number of carbonyl (C=O) groups is 3. The Morgan fingerprint density at radius 2 is 1.71 bits per heavy atom. The molecule has 3 aromatic rings. The summed E-state index contributed by atoms with van der Waals surface area (Å²) in [6, 6.07) is 22.7. The van der Waals surface area contributed by atoms with Gasteiger partial charge in [-0.25, -0.2) is 0 Å².